The zero-order valence-electron chi connectivity index (χ0n) is 9.62. The van der Waals surface area contributed by atoms with Gasteiger partial charge >= 0.3 is 0 Å². The van der Waals surface area contributed by atoms with Crippen LogP contribution < -0.4 is 16.2 Å². The third kappa shape index (κ3) is 2.03. The number of nitrogens with zero attached hydrogens (tertiary/aromatic N) is 2. The number of nitrogens with two attached hydrogens (primary N) is 1. The standard InChI is InChI=1S/C11H18N4O/c1-2-5-8-9(12)13-11(14-10(8)16)15-6-3-4-7-15/h2-7H2,1H3,(H3,12,13,14,16). The van der Waals surface area contributed by atoms with Gasteiger partial charge in [0, 0.05) is 13.1 Å². The predicted octanol–water partition coefficient (Wildman–Crippen LogP) is 0.905. The van der Waals surface area contributed by atoms with Crippen LogP contribution in [0.4, 0.5) is 11.8 Å². The van der Waals surface area contributed by atoms with Gasteiger partial charge in [-0.05, 0) is 19.3 Å². The fraction of sp³-hybridized carbons (Fsp3) is 0.636. The van der Waals surface area contributed by atoms with Crippen molar-refractivity contribution in [1.82, 2.24) is 9.97 Å². The highest BCUT2D eigenvalue weighted by atomic mass is 16.1. The topological polar surface area (TPSA) is 75.0 Å². The zero-order valence-corrected chi connectivity index (χ0v) is 9.62. The van der Waals surface area contributed by atoms with Crippen molar-refractivity contribution in [3.63, 3.8) is 0 Å². The first kappa shape index (κ1) is 11.0. The molecule has 2 rings (SSSR count). The van der Waals surface area contributed by atoms with Crippen LogP contribution in [0, 0.1) is 0 Å². The van der Waals surface area contributed by atoms with Gasteiger partial charge in [-0.2, -0.15) is 4.98 Å². The molecule has 0 radical (unpaired) electrons. The lowest BCUT2D eigenvalue weighted by atomic mass is 10.2. The fourth-order valence-corrected chi connectivity index (χ4v) is 2.07. The minimum atomic E-state index is -0.0868. The minimum absolute atomic E-state index is 0.0868. The maximum absolute atomic E-state index is 11.8. The highest BCUT2D eigenvalue weighted by Crippen LogP contribution is 2.16. The van der Waals surface area contributed by atoms with E-state index in [9.17, 15) is 4.79 Å². The summed E-state index contributed by atoms with van der Waals surface area (Å²) in [6, 6.07) is 0. The van der Waals surface area contributed by atoms with E-state index in [-0.39, 0.29) is 5.56 Å². The van der Waals surface area contributed by atoms with Crippen molar-refractivity contribution in [2.75, 3.05) is 23.7 Å². The van der Waals surface area contributed by atoms with Crippen molar-refractivity contribution >= 4 is 11.8 Å². The van der Waals surface area contributed by atoms with E-state index in [1.54, 1.807) is 0 Å². The maximum atomic E-state index is 11.8. The van der Waals surface area contributed by atoms with Crippen molar-refractivity contribution in [3.05, 3.63) is 15.9 Å². The molecule has 3 N–H and O–H groups in total. The number of nitrogens with one attached hydrogen (secondary N) is 1. The van der Waals surface area contributed by atoms with Crippen LogP contribution in [0.1, 0.15) is 31.7 Å². The van der Waals surface area contributed by atoms with Crippen molar-refractivity contribution in [3.8, 4) is 0 Å². The van der Waals surface area contributed by atoms with Crippen molar-refractivity contribution in [2.45, 2.75) is 32.6 Å². The molecule has 5 nitrogen and oxygen atoms in total. The third-order valence-electron chi connectivity index (χ3n) is 2.94. The molecule has 5 heteroatoms. The number of anilines is 2. The number of hydrogen-bond donors (Lipinski definition) is 2. The van der Waals surface area contributed by atoms with Crippen molar-refractivity contribution < 1.29 is 0 Å². The van der Waals surface area contributed by atoms with Crippen molar-refractivity contribution in [1.29, 1.82) is 0 Å². The van der Waals surface area contributed by atoms with Crippen LogP contribution >= 0.6 is 0 Å². The summed E-state index contributed by atoms with van der Waals surface area (Å²) in [5, 5.41) is 0. The third-order valence-corrected chi connectivity index (χ3v) is 2.94. The molecule has 0 saturated carbocycles. The Kier molecular flexibility index (Phi) is 3.12. The normalized spacial score (nSPS) is 15.7. The van der Waals surface area contributed by atoms with Gasteiger partial charge in [0.2, 0.25) is 5.95 Å². The summed E-state index contributed by atoms with van der Waals surface area (Å²) >= 11 is 0. The Labute approximate surface area is 94.7 Å². The quantitative estimate of drug-likeness (QED) is 0.797. The Hall–Kier alpha value is -1.52. The van der Waals surface area contributed by atoms with E-state index in [1.807, 2.05) is 6.92 Å². The number of rotatable bonds is 3. The van der Waals surface area contributed by atoms with E-state index in [1.165, 1.54) is 0 Å². The molecule has 16 heavy (non-hydrogen) atoms. The van der Waals surface area contributed by atoms with Crippen LogP contribution in [0.2, 0.25) is 0 Å². The molecule has 0 aliphatic carbocycles. The molecule has 1 aromatic heterocycles. The van der Waals surface area contributed by atoms with Gasteiger partial charge in [-0.15, -0.1) is 0 Å². The van der Waals surface area contributed by atoms with Crippen LogP contribution in [0.5, 0.6) is 0 Å². The molecule has 0 spiro atoms. The molecule has 0 amide bonds. The first-order valence-corrected chi connectivity index (χ1v) is 5.86. The van der Waals surface area contributed by atoms with E-state index in [2.05, 4.69) is 14.9 Å². The van der Waals surface area contributed by atoms with E-state index in [0.717, 1.165) is 32.4 Å². The molecule has 0 aromatic carbocycles. The average Bonchev–Trinajstić information content (AvgIpc) is 2.76. The highest BCUT2D eigenvalue weighted by Gasteiger charge is 2.16. The van der Waals surface area contributed by atoms with Gasteiger partial charge in [-0.3, -0.25) is 9.78 Å². The molecule has 1 aliphatic heterocycles. The molecular weight excluding hydrogens is 204 g/mol. The van der Waals surface area contributed by atoms with Crippen LogP contribution in [-0.4, -0.2) is 23.1 Å². The Morgan fingerprint density at radius 3 is 2.69 bits per heavy atom. The highest BCUT2D eigenvalue weighted by molar-refractivity contribution is 5.44. The SMILES string of the molecule is CCCc1c(N)nc(N2CCCC2)[nH]c1=O. The second-order valence-corrected chi connectivity index (χ2v) is 4.20. The Balaban J connectivity index is 2.32. The smallest absolute Gasteiger partial charge is 0.257 e. The summed E-state index contributed by atoms with van der Waals surface area (Å²) in [4.78, 5) is 21.0. The summed E-state index contributed by atoms with van der Waals surface area (Å²) in [5.74, 6) is 1.01. The van der Waals surface area contributed by atoms with Crippen molar-refractivity contribution in [2.24, 2.45) is 0 Å². The summed E-state index contributed by atoms with van der Waals surface area (Å²) in [6.45, 7) is 3.93. The number of hydrogen-bond acceptors (Lipinski definition) is 4. The molecule has 1 saturated heterocycles. The molecule has 0 bridgehead atoms. The number of aromatic amines is 1. The predicted molar refractivity (Wildman–Crippen MR) is 64.7 cm³/mol. The summed E-state index contributed by atoms with van der Waals surface area (Å²) in [5.41, 5.74) is 6.35. The summed E-state index contributed by atoms with van der Waals surface area (Å²) < 4.78 is 0. The van der Waals surface area contributed by atoms with Crippen LogP contribution in [0.3, 0.4) is 0 Å². The monoisotopic (exact) mass is 222 g/mol. The second-order valence-electron chi connectivity index (χ2n) is 4.20. The maximum Gasteiger partial charge on any atom is 0.257 e. The summed E-state index contributed by atoms with van der Waals surface area (Å²) in [6.07, 6.45) is 3.90. The van der Waals surface area contributed by atoms with Crippen LogP contribution in [0.15, 0.2) is 4.79 Å². The Morgan fingerprint density at radius 1 is 1.44 bits per heavy atom. The first-order valence-electron chi connectivity index (χ1n) is 5.86. The van der Waals surface area contributed by atoms with Gasteiger partial charge in [0.15, 0.2) is 0 Å². The van der Waals surface area contributed by atoms with Crippen LogP contribution in [-0.2, 0) is 6.42 Å². The lowest BCUT2D eigenvalue weighted by Crippen LogP contribution is -2.26. The average molecular weight is 222 g/mol. The minimum Gasteiger partial charge on any atom is -0.383 e. The van der Waals surface area contributed by atoms with E-state index >= 15 is 0 Å². The molecule has 0 unspecified atom stereocenters. The molecule has 88 valence electrons. The Morgan fingerprint density at radius 2 is 2.12 bits per heavy atom. The van der Waals surface area contributed by atoms with E-state index < -0.39 is 0 Å². The number of nitrogen functional groups attached to an aromatic ring is 1. The van der Waals surface area contributed by atoms with E-state index in [4.69, 9.17) is 5.73 Å². The zero-order chi connectivity index (χ0) is 11.5. The van der Waals surface area contributed by atoms with Gasteiger partial charge in [0.1, 0.15) is 5.82 Å². The van der Waals surface area contributed by atoms with Gasteiger partial charge in [-0.25, -0.2) is 0 Å². The van der Waals surface area contributed by atoms with Gasteiger partial charge in [0.25, 0.3) is 5.56 Å². The molecular formula is C11H18N4O. The fourth-order valence-electron chi connectivity index (χ4n) is 2.07. The first-order chi connectivity index (χ1) is 7.72. The number of aromatic nitrogens is 2. The molecule has 2 heterocycles. The molecule has 1 aromatic rings. The van der Waals surface area contributed by atoms with E-state index in [0.29, 0.717) is 23.8 Å². The lowest BCUT2D eigenvalue weighted by molar-refractivity contribution is 0.854. The molecule has 1 aliphatic rings. The molecule has 1 fully saturated rings. The van der Waals surface area contributed by atoms with Gasteiger partial charge in [-0.1, -0.05) is 13.3 Å². The van der Waals surface area contributed by atoms with Gasteiger partial charge in [0.05, 0.1) is 5.56 Å². The Bertz CT molecular complexity index is 420. The summed E-state index contributed by atoms with van der Waals surface area (Å²) in [7, 11) is 0. The number of H-pyrrole nitrogens is 1. The lowest BCUT2D eigenvalue weighted by Gasteiger charge is -2.16. The van der Waals surface area contributed by atoms with Crippen LogP contribution in [0.25, 0.3) is 0 Å². The molecule has 0 atom stereocenters. The largest absolute Gasteiger partial charge is 0.383 e. The van der Waals surface area contributed by atoms with Gasteiger partial charge < -0.3 is 10.6 Å². The second kappa shape index (κ2) is 4.55.